The second-order valence-corrected chi connectivity index (χ2v) is 4.82. The highest BCUT2D eigenvalue weighted by atomic mass is 32.1. The Bertz CT molecular complexity index is 644. The largest absolute Gasteiger partial charge is 0.361 e. The number of aromatic amines is 1. The molecule has 2 rings (SSSR count). The van der Waals surface area contributed by atoms with Crippen LogP contribution >= 0.6 is 12.2 Å². The molecule has 2 heterocycles. The van der Waals surface area contributed by atoms with Gasteiger partial charge in [-0.05, 0) is 24.7 Å². The lowest BCUT2D eigenvalue weighted by Crippen LogP contribution is -2.34. The number of carbonyl (C=O) groups excluding carboxylic acids is 1. The van der Waals surface area contributed by atoms with Crippen LogP contribution in [0.3, 0.4) is 0 Å². The summed E-state index contributed by atoms with van der Waals surface area (Å²) in [6.45, 7) is 5.70. The Morgan fingerprint density at radius 3 is 2.84 bits per heavy atom. The highest BCUT2D eigenvalue weighted by Gasteiger charge is 2.32. The van der Waals surface area contributed by atoms with Crippen LogP contribution in [0.25, 0.3) is 12.2 Å². The lowest BCUT2D eigenvalue weighted by atomic mass is 10.1. The van der Waals surface area contributed by atoms with Crippen LogP contribution in [0.1, 0.15) is 12.5 Å². The first-order chi connectivity index (χ1) is 9.08. The van der Waals surface area contributed by atoms with Crippen LogP contribution in [0, 0.1) is 0 Å². The molecule has 0 radical (unpaired) electrons. The van der Waals surface area contributed by atoms with E-state index < -0.39 is 0 Å². The third-order valence-corrected chi connectivity index (χ3v) is 3.66. The van der Waals surface area contributed by atoms with Crippen LogP contribution in [0.4, 0.5) is 0 Å². The summed E-state index contributed by atoms with van der Waals surface area (Å²) in [5, 5.41) is 5.65. The van der Waals surface area contributed by atoms with E-state index in [0.29, 0.717) is 11.5 Å². The Hall–Kier alpha value is -1.88. The van der Waals surface area contributed by atoms with Gasteiger partial charge in [-0.3, -0.25) is 9.69 Å². The average Bonchev–Trinajstić information content (AvgIpc) is 2.88. The SMILES string of the molecule is C=C/C=c1/c(CC2NC(=S)N(C)C2=O)c[nH]/c1=C/C. The van der Waals surface area contributed by atoms with Crippen molar-refractivity contribution < 1.29 is 4.79 Å². The molecular formula is C14H17N3OS. The zero-order valence-corrected chi connectivity index (χ0v) is 11.9. The van der Waals surface area contributed by atoms with E-state index in [1.54, 1.807) is 13.1 Å². The van der Waals surface area contributed by atoms with Crippen LogP contribution in [0.5, 0.6) is 0 Å². The highest BCUT2D eigenvalue weighted by Crippen LogP contribution is 2.07. The molecule has 100 valence electrons. The van der Waals surface area contributed by atoms with Crippen molar-refractivity contribution in [1.82, 2.24) is 15.2 Å². The van der Waals surface area contributed by atoms with Gasteiger partial charge in [-0.15, -0.1) is 0 Å². The van der Waals surface area contributed by atoms with Crippen molar-refractivity contribution in [2.24, 2.45) is 0 Å². The third kappa shape index (κ3) is 2.46. The van der Waals surface area contributed by atoms with Gasteiger partial charge in [0.15, 0.2) is 5.11 Å². The molecular weight excluding hydrogens is 258 g/mol. The predicted octanol–water partition coefficient (Wildman–Crippen LogP) is 0.0392. The topological polar surface area (TPSA) is 48.1 Å². The van der Waals surface area contributed by atoms with E-state index in [0.717, 1.165) is 16.1 Å². The van der Waals surface area contributed by atoms with Crippen molar-refractivity contribution >= 4 is 35.4 Å². The first-order valence-electron chi connectivity index (χ1n) is 6.12. The number of nitrogens with zero attached hydrogens (tertiary/aromatic N) is 1. The fourth-order valence-corrected chi connectivity index (χ4v) is 2.45. The van der Waals surface area contributed by atoms with Gasteiger partial charge in [0.05, 0.1) is 0 Å². The van der Waals surface area contributed by atoms with Crippen molar-refractivity contribution in [3.63, 3.8) is 0 Å². The monoisotopic (exact) mass is 275 g/mol. The fraction of sp³-hybridized carbons (Fsp3) is 0.286. The summed E-state index contributed by atoms with van der Waals surface area (Å²) in [6.07, 6.45) is 8.23. The van der Waals surface area contributed by atoms with Gasteiger partial charge < -0.3 is 10.3 Å². The van der Waals surface area contributed by atoms with E-state index in [1.165, 1.54) is 4.90 Å². The molecule has 2 N–H and O–H groups in total. The van der Waals surface area contributed by atoms with Gasteiger partial charge in [0.1, 0.15) is 6.04 Å². The quantitative estimate of drug-likeness (QED) is 0.766. The summed E-state index contributed by atoms with van der Waals surface area (Å²) in [5.74, 6) is 0.0118. The minimum atomic E-state index is -0.282. The molecule has 0 bridgehead atoms. The Kier molecular flexibility index (Phi) is 3.85. The van der Waals surface area contributed by atoms with Crippen molar-refractivity contribution in [3.05, 3.63) is 35.0 Å². The van der Waals surface area contributed by atoms with E-state index in [9.17, 15) is 4.79 Å². The Labute approximate surface area is 117 Å². The number of likely N-dealkylation sites (N-methyl/N-ethyl adjacent to an activating group) is 1. The van der Waals surface area contributed by atoms with Crippen molar-refractivity contribution in [2.75, 3.05) is 7.05 Å². The maximum atomic E-state index is 12.0. The molecule has 1 unspecified atom stereocenters. The van der Waals surface area contributed by atoms with Gasteiger partial charge in [-0.1, -0.05) is 24.8 Å². The summed E-state index contributed by atoms with van der Waals surface area (Å²) in [5.41, 5.74) is 1.08. The first-order valence-corrected chi connectivity index (χ1v) is 6.52. The number of nitrogens with one attached hydrogen (secondary N) is 2. The molecule has 1 atom stereocenters. The number of thiocarbonyl (C=S) groups is 1. The summed E-state index contributed by atoms with van der Waals surface area (Å²) < 4.78 is 0. The molecule has 1 aliphatic rings. The summed E-state index contributed by atoms with van der Waals surface area (Å²) >= 11 is 5.08. The number of aromatic nitrogens is 1. The smallest absolute Gasteiger partial charge is 0.251 e. The van der Waals surface area contributed by atoms with Crippen LogP contribution < -0.4 is 15.9 Å². The molecule has 1 saturated heterocycles. The van der Waals surface area contributed by atoms with Gasteiger partial charge in [0, 0.05) is 30.2 Å². The van der Waals surface area contributed by atoms with Crippen LogP contribution in [-0.2, 0) is 11.2 Å². The lowest BCUT2D eigenvalue weighted by Gasteiger charge is -2.06. The molecule has 1 amide bonds. The maximum Gasteiger partial charge on any atom is 0.251 e. The average molecular weight is 275 g/mol. The van der Waals surface area contributed by atoms with Crippen LogP contribution in [-0.4, -0.2) is 34.0 Å². The van der Waals surface area contributed by atoms with Gasteiger partial charge in [-0.25, -0.2) is 0 Å². The maximum absolute atomic E-state index is 12.0. The van der Waals surface area contributed by atoms with Gasteiger partial charge in [-0.2, -0.15) is 0 Å². The standard InChI is InChI=1S/C14H17N3OS/c1-4-6-10-9(8-15-11(10)5-2)7-12-13(18)17(3)14(19)16-12/h4-6,8,12,15H,1,7H2,2-3H3,(H,16,19)/b10-6-,11-5+. The molecule has 0 saturated carbocycles. The number of hydrogen-bond donors (Lipinski definition) is 2. The van der Waals surface area contributed by atoms with E-state index in [4.69, 9.17) is 12.2 Å². The van der Waals surface area contributed by atoms with E-state index in [-0.39, 0.29) is 11.9 Å². The second-order valence-electron chi connectivity index (χ2n) is 4.44. The molecule has 19 heavy (non-hydrogen) atoms. The summed E-state index contributed by atoms with van der Waals surface area (Å²) in [7, 11) is 1.69. The zero-order valence-electron chi connectivity index (χ0n) is 11.1. The zero-order chi connectivity index (χ0) is 14.0. The molecule has 1 aliphatic heterocycles. The van der Waals surface area contributed by atoms with E-state index in [2.05, 4.69) is 16.9 Å². The summed E-state index contributed by atoms with van der Waals surface area (Å²) in [6, 6.07) is -0.282. The van der Waals surface area contributed by atoms with Crippen LogP contribution in [0.15, 0.2) is 18.9 Å². The molecule has 1 aromatic heterocycles. The fourth-order valence-electron chi connectivity index (χ4n) is 2.22. The molecule has 5 heteroatoms. The lowest BCUT2D eigenvalue weighted by molar-refractivity contribution is -0.126. The minimum Gasteiger partial charge on any atom is -0.361 e. The predicted molar refractivity (Wildman–Crippen MR) is 80.8 cm³/mol. The van der Waals surface area contributed by atoms with E-state index in [1.807, 2.05) is 25.3 Å². The number of amides is 1. The van der Waals surface area contributed by atoms with E-state index >= 15 is 0 Å². The molecule has 0 aromatic carbocycles. The van der Waals surface area contributed by atoms with Crippen molar-refractivity contribution in [3.8, 4) is 0 Å². The number of allylic oxidation sites excluding steroid dienone is 1. The molecule has 0 spiro atoms. The minimum absolute atomic E-state index is 0.0118. The van der Waals surface area contributed by atoms with Crippen LogP contribution in [0.2, 0.25) is 0 Å². The Morgan fingerprint density at radius 1 is 1.58 bits per heavy atom. The van der Waals surface area contributed by atoms with Gasteiger partial charge >= 0.3 is 0 Å². The number of H-pyrrole nitrogens is 1. The van der Waals surface area contributed by atoms with Crippen molar-refractivity contribution in [2.45, 2.75) is 19.4 Å². The highest BCUT2D eigenvalue weighted by molar-refractivity contribution is 7.80. The Balaban J connectivity index is 2.33. The number of carbonyl (C=O) groups is 1. The molecule has 0 aliphatic carbocycles. The Morgan fingerprint density at radius 2 is 2.32 bits per heavy atom. The molecule has 4 nitrogen and oxygen atoms in total. The first kappa shape index (κ1) is 13.5. The number of hydrogen-bond acceptors (Lipinski definition) is 2. The molecule has 1 fully saturated rings. The molecule has 1 aromatic rings. The van der Waals surface area contributed by atoms with Gasteiger partial charge in [0.2, 0.25) is 0 Å². The number of rotatable bonds is 3. The van der Waals surface area contributed by atoms with Crippen molar-refractivity contribution in [1.29, 1.82) is 0 Å². The second kappa shape index (κ2) is 5.40. The normalized spacial score (nSPS) is 21.2. The third-order valence-electron chi connectivity index (χ3n) is 3.27. The summed E-state index contributed by atoms with van der Waals surface area (Å²) in [4.78, 5) is 16.7. The van der Waals surface area contributed by atoms with Gasteiger partial charge in [0.25, 0.3) is 5.91 Å².